The summed E-state index contributed by atoms with van der Waals surface area (Å²) >= 11 is 0. The molecular formula is C86H58N4. The average Bonchev–Trinajstić information content (AvgIpc) is 1.56. The SMILES string of the molecule is CC1(C)c2ccccc2-c2cc3c(cc21)c1cc2ccccc2cc1n3-c1ccc2c(c1)c1ccccc1n2-c1cccc(-c2ccc3c(ccc4c3c3ccc5c(c3n4-c3ccc4c(c3)c3ccccc3n4-c3ccccc3)C(C)(C)c3ccccc3-5)c2)c1. The molecule has 0 amide bonds. The molecule has 0 N–H and O–H groups in total. The highest BCUT2D eigenvalue weighted by molar-refractivity contribution is 6.24. The summed E-state index contributed by atoms with van der Waals surface area (Å²) in [7, 11) is 0. The molecule has 20 rings (SSSR count). The molecule has 2 aliphatic rings. The molecule has 4 nitrogen and oxygen atoms in total. The maximum absolute atomic E-state index is 2.59. The van der Waals surface area contributed by atoms with Gasteiger partial charge in [0.25, 0.3) is 0 Å². The second-order valence-corrected chi connectivity index (χ2v) is 26.4. The van der Waals surface area contributed by atoms with Crippen molar-refractivity contribution in [2.24, 2.45) is 0 Å². The van der Waals surface area contributed by atoms with Crippen LogP contribution in [0, 0.1) is 0 Å². The number of aromatic nitrogens is 4. The zero-order valence-electron chi connectivity index (χ0n) is 50.3. The minimum absolute atomic E-state index is 0.105. The maximum Gasteiger partial charge on any atom is 0.0588 e. The highest BCUT2D eigenvalue weighted by atomic mass is 15.0. The molecule has 0 bridgehead atoms. The Morgan fingerprint density at radius 1 is 0.233 bits per heavy atom. The first-order chi connectivity index (χ1) is 44.2. The van der Waals surface area contributed by atoms with Gasteiger partial charge in [-0.3, -0.25) is 0 Å². The normalized spacial score (nSPS) is 14.0. The van der Waals surface area contributed by atoms with E-state index in [0.29, 0.717) is 0 Å². The molecule has 0 radical (unpaired) electrons. The van der Waals surface area contributed by atoms with Crippen molar-refractivity contribution in [2.75, 3.05) is 0 Å². The predicted molar refractivity (Wildman–Crippen MR) is 379 cm³/mol. The number of rotatable bonds is 5. The summed E-state index contributed by atoms with van der Waals surface area (Å²) in [5.41, 5.74) is 27.2. The van der Waals surface area contributed by atoms with E-state index in [2.05, 4.69) is 325 Å². The van der Waals surface area contributed by atoms with E-state index in [4.69, 9.17) is 0 Å². The van der Waals surface area contributed by atoms with Crippen molar-refractivity contribution >= 4 is 109 Å². The fourth-order valence-electron chi connectivity index (χ4n) is 17.0. The van der Waals surface area contributed by atoms with Crippen LogP contribution in [-0.4, -0.2) is 18.3 Å². The first-order valence-corrected chi connectivity index (χ1v) is 31.6. The number of para-hydroxylation sites is 3. The Bertz CT molecular complexity index is 6210. The molecule has 4 aromatic heterocycles. The molecule has 18 aromatic rings. The van der Waals surface area contributed by atoms with Gasteiger partial charge in [0.2, 0.25) is 0 Å². The van der Waals surface area contributed by atoms with Crippen LogP contribution < -0.4 is 0 Å². The lowest BCUT2D eigenvalue weighted by molar-refractivity contribution is 0.661. The van der Waals surface area contributed by atoms with E-state index in [-0.39, 0.29) is 10.8 Å². The number of nitrogens with zero attached hydrogens (tertiary/aromatic N) is 4. The molecule has 0 fully saturated rings. The van der Waals surface area contributed by atoms with Crippen molar-refractivity contribution in [2.45, 2.75) is 38.5 Å². The topological polar surface area (TPSA) is 19.7 Å². The van der Waals surface area contributed by atoms with Crippen LogP contribution in [0.25, 0.3) is 165 Å². The van der Waals surface area contributed by atoms with E-state index >= 15 is 0 Å². The molecule has 0 saturated heterocycles. The fourth-order valence-corrected chi connectivity index (χ4v) is 17.0. The van der Waals surface area contributed by atoms with Crippen molar-refractivity contribution in [3.63, 3.8) is 0 Å². The highest BCUT2D eigenvalue weighted by Gasteiger charge is 2.39. The van der Waals surface area contributed by atoms with E-state index in [1.54, 1.807) is 0 Å². The number of hydrogen-bond donors (Lipinski definition) is 0. The summed E-state index contributed by atoms with van der Waals surface area (Å²) in [6, 6.07) is 105. The van der Waals surface area contributed by atoms with Gasteiger partial charge in [0.15, 0.2) is 0 Å². The molecule has 0 unspecified atom stereocenters. The Kier molecular flexibility index (Phi) is 9.83. The zero-order chi connectivity index (χ0) is 59.5. The Labute approximate surface area is 520 Å². The quantitative estimate of drug-likeness (QED) is 0.164. The molecule has 14 aromatic carbocycles. The number of hydrogen-bond acceptors (Lipinski definition) is 0. The van der Waals surface area contributed by atoms with Crippen LogP contribution in [0.3, 0.4) is 0 Å². The summed E-state index contributed by atoms with van der Waals surface area (Å²) in [5.74, 6) is 0. The fraction of sp³-hybridized carbons (Fsp3) is 0.0698. The molecular weight excluding hydrogens is 1090 g/mol. The molecule has 0 atom stereocenters. The van der Waals surface area contributed by atoms with Crippen LogP contribution in [0.1, 0.15) is 49.9 Å². The minimum Gasteiger partial charge on any atom is -0.309 e. The van der Waals surface area contributed by atoms with Gasteiger partial charge in [0.05, 0.1) is 44.1 Å². The van der Waals surface area contributed by atoms with Gasteiger partial charge < -0.3 is 18.3 Å². The summed E-state index contributed by atoms with van der Waals surface area (Å²) in [6.07, 6.45) is 0. The van der Waals surface area contributed by atoms with E-state index in [1.807, 2.05) is 0 Å². The maximum atomic E-state index is 2.59. The van der Waals surface area contributed by atoms with Crippen molar-refractivity contribution in [3.8, 4) is 56.1 Å². The highest BCUT2D eigenvalue weighted by Crippen LogP contribution is 2.55. The van der Waals surface area contributed by atoms with E-state index in [0.717, 1.165) is 22.7 Å². The van der Waals surface area contributed by atoms with E-state index in [1.165, 1.54) is 164 Å². The Morgan fingerprint density at radius 3 is 1.50 bits per heavy atom. The Balaban J connectivity index is 0.746. The molecule has 4 heteroatoms. The lowest BCUT2D eigenvalue weighted by atomic mass is 9.81. The first kappa shape index (κ1) is 49.9. The third-order valence-corrected chi connectivity index (χ3v) is 21.0. The van der Waals surface area contributed by atoms with Crippen LogP contribution in [0.15, 0.2) is 279 Å². The summed E-state index contributed by atoms with van der Waals surface area (Å²) in [4.78, 5) is 0. The van der Waals surface area contributed by atoms with Crippen molar-refractivity contribution in [1.29, 1.82) is 0 Å². The van der Waals surface area contributed by atoms with Gasteiger partial charge in [0.1, 0.15) is 0 Å². The monoisotopic (exact) mass is 1150 g/mol. The second kappa shape index (κ2) is 17.7. The van der Waals surface area contributed by atoms with Crippen molar-refractivity contribution in [1.82, 2.24) is 18.3 Å². The summed E-state index contributed by atoms with van der Waals surface area (Å²) in [5, 5.41) is 15.0. The first-order valence-electron chi connectivity index (χ1n) is 31.6. The molecule has 0 saturated carbocycles. The second-order valence-electron chi connectivity index (χ2n) is 26.4. The van der Waals surface area contributed by atoms with E-state index < -0.39 is 0 Å². The molecule has 0 aliphatic heterocycles. The lowest BCUT2D eigenvalue weighted by Gasteiger charge is -2.23. The standard InChI is InChI=1S/C86H58N4/c1-85(2)72-29-14-11-26-62(72)67-50-81-71(49-74(67)85)68-45-52-19-8-9-20-53(52)46-80(68)89(81)58-35-41-78-69(47-58)64-28-13-17-32-76(64)88(78)57-24-18-21-51(44-57)54-33-37-60-55(43-54)34-40-79-82(60)66-39-38-65-61-25-10-15-30-73(61)86(3,4)83(65)84(66)90(79)59-36-42-77-70(48-59)63-27-12-16-31-75(63)87(77)56-22-6-5-7-23-56/h5-50H,1-4H3. The smallest absolute Gasteiger partial charge is 0.0588 e. The third-order valence-electron chi connectivity index (χ3n) is 21.0. The molecule has 2 aliphatic carbocycles. The molecule has 90 heavy (non-hydrogen) atoms. The van der Waals surface area contributed by atoms with E-state index in [9.17, 15) is 0 Å². The largest absolute Gasteiger partial charge is 0.309 e. The Morgan fingerprint density at radius 2 is 0.756 bits per heavy atom. The summed E-state index contributed by atoms with van der Waals surface area (Å²) in [6.45, 7) is 9.61. The molecule has 422 valence electrons. The van der Waals surface area contributed by atoms with Gasteiger partial charge in [0, 0.05) is 76.7 Å². The van der Waals surface area contributed by atoms with Crippen LogP contribution in [0.4, 0.5) is 0 Å². The number of fused-ring (bicyclic) bond motifs is 22. The zero-order valence-corrected chi connectivity index (χ0v) is 50.3. The number of benzene rings is 14. The van der Waals surface area contributed by atoms with Gasteiger partial charge in [-0.25, -0.2) is 0 Å². The molecule has 0 spiro atoms. The Hall–Kier alpha value is -11.2. The predicted octanol–water partition coefficient (Wildman–Crippen LogP) is 22.7. The van der Waals surface area contributed by atoms with Gasteiger partial charge in [-0.1, -0.05) is 198 Å². The molecule has 4 heterocycles. The van der Waals surface area contributed by atoms with Gasteiger partial charge >= 0.3 is 0 Å². The average molecular weight is 1150 g/mol. The third kappa shape index (κ3) is 6.59. The lowest BCUT2D eigenvalue weighted by Crippen LogP contribution is -2.16. The van der Waals surface area contributed by atoms with Crippen LogP contribution in [0.2, 0.25) is 0 Å². The van der Waals surface area contributed by atoms with Crippen molar-refractivity contribution in [3.05, 3.63) is 301 Å². The van der Waals surface area contributed by atoms with Crippen molar-refractivity contribution < 1.29 is 0 Å². The van der Waals surface area contributed by atoms with Gasteiger partial charge in [-0.2, -0.15) is 0 Å². The summed E-state index contributed by atoms with van der Waals surface area (Å²) < 4.78 is 10.0. The van der Waals surface area contributed by atoms with Gasteiger partial charge in [-0.15, -0.1) is 0 Å². The van der Waals surface area contributed by atoms with Crippen LogP contribution in [0.5, 0.6) is 0 Å². The van der Waals surface area contributed by atoms with Gasteiger partial charge in [-0.05, 0) is 186 Å². The minimum atomic E-state index is -0.231. The van der Waals surface area contributed by atoms with Crippen LogP contribution in [-0.2, 0) is 10.8 Å². The van der Waals surface area contributed by atoms with Crippen LogP contribution >= 0.6 is 0 Å².